The van der Waals surface area contributed by atoms with Crippen LogP contribution >= 0.6 is 0 Å². The van der Waals surface area contributed by atoms with Gasteiger partial charge >= 0.3 is 6.09 Å². The van der Waals surface area contributed by atoms with Crippen LogP contribution in [0.5, 0.6) is 0 Å². The summed E-state index contributed by atoms with van der Waals surface area (Å²) in [6.45, 7) is 5.21. The van der Waals surface area contributed by atoms with Crippen molar-refractivity contribution in [1.29, 1.82) is 0 Å². The molecule has 3 heteroatoms. The highest BCUT2D eigenvalue weighted by molar-refractivity contribution is 5.66. The molecule has 0 fully saturated rings. The Kier molecular flexibility index (Phi) is 6.92. The molecule has 1 aromatic rings. The molecule has 0 radical (unpaired) electrons. The van der Waals surface area contributed by atoms with E-state index in [1.54, 1.807) is 0 Å². The van der Waals surface area contributed by atoms with Gasteiger partial charge in [-0.3, -0.25) is 0 Å². The first-order valence-electron chi connectivity index (χ1n) is 6.63. The SMILES string of the molecule is CC(C)COC(=O)NCCCCc1ccccc1. The molecule has 0 aliphatic carbocycles. The van der Waals surface area contributed by atoms with Crippen LogP contribution in [0.25, 0.3) is 0 Å². The summed E-state index contributed by atoms with van der Waals surface area (Å²) in [4.78, 5) is 11.2. The van der Waals surface area contributed by atoms with Crippen molar-refractivity contribution in [3.8, 4) is 0 Å². The Bertz CT molecular complexity index is 336. The minimum absolute atomic E-state index is 0.302. The minimum atomic E-state index is -0.302. The van der Waals surface area contributed by atoms with Gasteiger partial charge in [0.25, 0.3) is 0 Å². The summed E-state index contributed by atoms with van der Waals surface area (Å²) in [7, 11) is 0. The van der Waals surface area contributed by atoms with Crippen molar-refractivity contribution < 1.29 is 9.53 Å². The van der Waals surface area contributed by atoms with Crippen molar-refractivity contribution in [2.24, 2.45) is 5.92 Å². The first-order valence-corrected chi connectivity index (χ1v) is 6.63. The fourth-order valence-electron chi connectivity index (χ4n) is 1.58. The van der Waals surface area contributed by atoms with Gasteiger partial charge in [-0.05, 0) is 30.7 Å². The first kappa shape index (κ1) is 14.6. The van der Waals surface area contributed by atoms with Crippen LogP contribution in [0.1, 0.15) is 32.3 Å². The maximum Gasteiger partial charge on any atom is 0.407 e. The topological polar surface area (TPSA) is 38.3 Å². The Hall–Kier alpha value is -1.51. The van der Waals surface area contributed by atoms with Crippen LogP contribution in [0.2, 0.25) is 0 Å². The second kappa shape index (κ2) is 8.56. The maximum atomic E-state index is 11.2. The molecule has 1 aromatic carbocycles. The molecule has 1 N–H and O–H groups in total. The highest BCUT2D eigenvalue weighted by atomic mass is 16.5. The van der Waals surface area contributed by atoms with Gasteiger partial charge < -0.3 is 10.1 Å². The lowest BCUT2D eigenvalue weighted by Gasteiger charge is -2.08. The zero-order valence-corrected chi connectivity index (χ0v) is 11.3. The van der Waals surface area contributed by atoms with Gasteiger partial charge in [0.2, 0.25) is 0 Å². The summed E-state index contributed by atoms with van der Waals surface area (Å²) in [5.74, 6) is 0.383. The van der Waals surface area contributed by atoms with Crippen LogP contribution in [-0.4, -0.2) is 19.2 Å². The summed E-state index contributed by atoms with van der Waals surface area (Å²) in [5, 5.41) is 2.76. The number of aryl methyl sites for hydroxylation is 1. The fraction of sp³-hybridized carbons (Fsp3) is 0.533. The highest BCUT2D eigenvalue weighted by Gasteiger charge is 2.02. The number of alkyl carbamates (subject to hydrolysis) is 1. The molecular formula is C15H23NO2. The third-order valence-electron chi connectivity index (χ3n) is 2.55. The quantitative estimate of drug-likeness (QED) is 0.752. The predicted octanol–water partition coefficient (Wildman–Crippen LogP) is 3.39. The average molecular weight is 249 g/mol. The molecule has 0 spiro atoms. The van der Waals surface area contributed by atoms with Crippen molar-refractivity contribution in [1.82, 2.24) is 5.32 Å². The van der Waals surface area contributed by atoms with E-state index in [0.29, 0.717) is 19.1 Å². The van der Waals surface area contributed by atoms with Gasteiger partial charge in [0.15, 0.2) is 0 Å². The van der Waals surface area contributed by atoms with Crippen LogP contribution < -0.4 is 5.32 Å². The molecular weight excluding hydrogens is 226 g/mol. The van der Waals surface area contributed by atoms with E-state index < -0.39 is 0 Å². The Labute approximate surface area is 110 Å². The molecule has 0 heterocycles. The zero-order valence-electron chi connectivity index (χ0n) is 11.3. The number of ether oxygens (including phenoxy) is 1. The lowest BCUT2D eigenvalue weighted by Crippen LogP contribution is -2.26. The number of carbonyl (C=O) groups excluding carboxylic acids is 1. The van der Waals surface area contributed by atoms with Crippen LogP contribution in [0.3, 0.4) is 0 Å². The molecule has 0 saturated carbocycles. The Morgan fingerprint density at radius 1 is 1.22 bits per heavy atom. The average Bonchev–Trinajstić information content (AvgIpc) is 2.37. The second-order valence-electron chi connectivity index (χ2n) is 4.86. The molecule has 18 heavy (non-hydrogen) atoms. The lowest BCUT2D eigenvalue weighted by molar-refractivity contribution is 0.133. The molecule has 1 rings (SSSR count). The number of hydrogen-bond donors (Lipinski definition) is 1. The number of hydrogen-bond acceptors (Lipinski definition) is 2. The third-order valence-corrected chi connectivity index (χ3v) is 2.55. The van der Waals surface area contributed by atoms with E-state index in [9.17, 15) is 4.79 Å². The smallest absolute Gasteiger partial charge is 0.407 e. The summed E-state index contributed by atoms with van der Waals surface area (Å²) >= 11 is 0. The van der Waals surface area contributed by atoms with Gasteiger partial charge in [-0.15, -0.1) is 0 Å². The number of unbranched alkanes of at least 4 members (excludes halogenated alkanes) is 1. The largest absolute Gasteiger partial charge is 0.449 e. The van der Waals surface area contributed by atoms with Crippen LogP contribution in [-0.2, 0) is 11.2 Å². The van der Waals surface area contributed by atoms with Crippen molar-refractivity contribution in [2.45, 2.75) is 33.1 Å². The summed E-state index contributed by atoms with van der Waals surface area (Å²) < 4.78 is 5.02. The number of nitrogens with one attached hydrogen (secondary N) is 1. The maximum absolute atomic E-state index is 11.2. The molecule has 3 nitrogen and oxygen atoms in total. The predicted molar refractivity (Wildman–Crippen MR) is 73.6 cm³/mol. The van der Waals surface area contributed by atoms with Gasteiger partial charge in [0.05, 0.1) is 6.61 Å². The molecule has 0 atom stereocenters. The summed E-state index contributed by atoms with van der Waals surface area (Å²) in [6, 6.07) is 10.4. The molecule has 0 aliphatic heterocycles. The van der Waals surface area contributed by atoms with E-state index in [-0.39, 0.29) is 6.09 Å². The molecule has 0 saturated heterocycles. The van der Waals surface area contributed by atoms with E-state index >= 15 is 0 Å². The molecule has 1 amide bonds. The van der Waals surface area contributed by atoms with Crippen LogP contribution in [0.4, 0.5) is 4.79 Å². The Morgan fingerprint density at radius 2 is 1.94 bits per heavy atom. The van der Waals surface area contributed by atoms with Crippen LogP contribution in [0, 0.1) is 5.92 Å². The third kappa shape index (κ3) is 6.94. The molecule has 0 bridgehead atoms. The number of amides is 1. The monoisotopic (exact) mass is 249 g/mol. The van der Waals surface area contributed by atoms with Gasteiger partial charge in [-0.2, -0.15) is 0 Å². The normalized spacial score (nSPS) is 10.4. The van der Waals surface area contributed by atoms with Gasteiger partial charge in [-0.1, -0.05) is 44.2 Å². The minimum Gasteiger partial charge on any atom is -0.449 e. The number of carbonyl (C=O) groups is 1. The van der Waals surface area contributed by atoms with Crippen molar-refractivity contribution in [3.63, 3.8) is 0 Å². The van der Waals surface area contributed by atoms with E-state index in [1.807, 2.05) is 19.9 Å². The second-order valence-corrected chi connectivity index (χ2v) is 4.86. The van der Waals surface area contributed by atoms with E-state index in [1.165, 1.54) is 5.56 Å². The molecule has 0 aromatic heterocycles. The van der Waals surface area contributed by atoms with Crippen LogP contribution in [0.15, 0.2) is 30.3 Å². The standard InChI is InChI=1S/C15H23NO2/c1-13(2)12-18-15(17)16-11-7-6-10-14-8-4-3-5-9-14/h3-5,8-9,13H,6-7,10-12H2,1-2H3,(H,16,17). The van der Waals surface area contributed by atoms with Gasteiger partial charge in [0, 0.05) is 6.54 Å². The van der Waals surface area contributed by atoms with Crippen molar-refractivity contribution >= 4 is 6.09 Å². The summed E-state index contributed by atoms with van der Waals surface area (Å²) in [5.41, 5.74) is 1.35. The first-order chi connectivity index (χ1) is 8.68. The highest BCUT2D eigenvalue weighted by Crippen LogP contribution is 2.03. The Balaban J connectivity index is 2.00. The molecule has 0 unspecified atom stereocenters. The fourth-order valence-corrected chi connectivity index (χ4v) is 1.58. The van der Waals surface area contributed by atoms with Gasteiger partial charge in [0.1, 0.15) is 0 Å². The van der Waals surface area contributed by atoms with E-state index in [0.717, 1.165) is 19.3 Å². The lowest BCUT2D eigenvalue weighted by atomic mass is 10.1. The van der Waals surface area contributed by atoms with Crippen molar-refractivity contribution in [2.75, 3.05) is 13.2 Å². The summed E-state index contributed by atoms with van der Waals surface area (Å²) in [6.07, 6.45) is 2.81. The van der Waals surface area contributed by atoms with Crippen molar-refractivity contribution in [3.05, 3.63) is 35.9 Å². The number of benzene rings is 1. The molecule has 0 aliphatic rings. The Morgan fingerprint density at radius 3 is 2.61 bits per heavy atom. The molecule has 100 valence electrons. The van der Waals surface area contributed by atoms with E-state index in [2.05, 4.69) is 29.6 Å². The van der Waals surface area contributed by atoms with E-state index in [4.69, 9.17) is 4.74 Å². The van der Waals surface area contributed by atoms with Gasteiger partial charge in [-0.25, -0.2) is 4.79 Å². The number of rotatable bonds is 7. The zero-order chi connectivity index (χ0) is 13.2.